The van der Waals surface area contributed by atoms with E-state index in [4.69, 9.17) is 10.0 Å². The molecule has 0 unspecified atom stereocenters. The Bertz CT molecular complexity index is 458. The topological polar surface area (TPSA) is 53.4 Å². The van der Waals surface area contributed by atoms with E-state index in [9.17, 15) is 0 Å². The van der Waals surface area contributed by atoms with Crippen molar-refractivity contribution in [2.75, 3.05) is 6.26 Å². The second-order valence-corrected chi connectivity index (χ2v) is 4.87. The number of nitrogens with zero attached hydrogens (tertiary/aromatic N) is 1. The Morgan fingerprint density at radius 3 is 2.86 bits per heavy atom. The summed E-state index contributed by atoms with van der Waals surface area (Å²) in [5.74, 6) is 0. The number of rotatable bonds is 2. The Morgan fingerprint density at radius 2 is 2.21 bits per heavy atom. The van der Waals surface area contributed by atoms with E-state index < -0.39 is 7.12 Å². The fraction of sp³-hybridized carbons (Fsp3) is 0.125. The minimum absolute atomic E-state index is 0.508. The third-order valence-electron chi connectivity index (χ3n) is 1.87. The standard InChI is InChI=1S/C8H8BNO2S2/c1-13-8-10-6-3-2-5(9(11)12)4-7(6)14-8/h2-4,11-12H,1H3. The zero-order chi connectivity index (χ0) is 10.1. The maximum Gasteiger partial charge on any atom is 0.488 e. The number of thioether (sulfide) groups is 1. The normalized spacial score (nSPS) is 10.8. The monoisotopic (exact) mass is 225 g/mol. The Labute approximate surface area is 89.9 Å². The van der Waals surface area contributed by atoms with E-state index >= 15 is 0 Å². The summed E-state index contributed by atoms with van der Waals surface area (Å²) in [5, 5.41) is 18.0. The summed E-state index contributed by atoms with van der Waals surface area (Å²) in [4.78, 5) is 4.35. The molecule has 0 aliphatic rings. The number of hydrogen-bond acceptors (Lipinski definition) is 5. The van der Waals surface area contributed by atoms with Gasteiger partial charge in [-0.2, -0.15) is 0 Å². The molecular weight excluding hydrogens is 217 g/mol. The fourth-order valence-corrected chi connectivity index (χ4v) is 2.71. The minimum atomic E-state index is -1.40. The fourth-order valence-electron chi connectivity index (χ4n) is 1.17. The molecule has 6 heteroatoms. The molecule has 1 aromatic carbocycles. The first-order valence-corrected chi connectivity index (χ1v) is 6.05. The number of thiazole rings is 1. The predicted octanol–water partition coefficient (Wildman–Crippen LogP) is 0.698. The molecule has 0 bridgehead atoms. The van der Waals surface area contributed by atoms with Gasteiger partial charge in [0.1, 0.15) is 0 Å². The van der Waals surface area contributed by atoms with Crippen LogP contribution < -0.4 is 5.46 Å². The molecule has 0 saturated heterocycles. The van der Waals surface area contributed by atoms with Crippen LogP contribution in [0.3, 0.4) is 0 Å². The maximum atomic E-state index is 8.98. The van der Waals surface area contributed by atoms with Crippen molar-refractivity contribution in [1.82, 2.24) is 4.98 Å². The molecule has 2 rings (SSSR count). The molecule has 0 aliphatic heterocycles. The third kappa shape index (κ3) is 1.79. The lowest BCUT2D eigenvalue weighted by Gasteiger charge is -1.96. The molecule has 3 nitrogen and oxygen atoms in total. The first-order valence-electron chi connectivity index (χ1n) is 4.01. The average molecular weight is 225 g/mol. The molecule has 0 spiro atoms. The first-order chi connectivity index (χ1) is 6.70. The van der Waals surface area contributed by atoms with Crippen LogP contribution in [-0.2, 0) is 0 Å². The molecule has 1 heterocycles. The van der Waals surface area contributed by atoms with Gasteiger partial charge in [0.2, 0.25) is 0 Å². The van der Waals surface area contributed by atoms with Crippen molar-refractivity contribution < 1.29 is 10.0 Å². The molecule has 0 radical (unpaired) electrons. The second-order valence-electron chi connectivity index (χ2n) is 2.78. The third-order valence-corrected chi connectivity index (χ3v) is 3.87. The smallest absolute Gasteiger partial charge is 0.423 e. The van der Waals surface area contributed by atoms with E-state index in [1.807, 2.05) is 6.26 Å². The van der Waals surface area contributed by atoms with Crippen molar-refractivity contribution in [3.63, 3.8) is 0 Å². The summed E-state index contributed by atoms with van der Waals surface area (Å²) in [7, 11) is -1.40. The van der Waals surface area contributed by atoms with Crippen LogP contribution in [-0.4, -0.2) is 28.4 Å². The summed E-state index contributed by atoms with van der Waals surface area (Å²) in [6.45, 7) is 0. The van der Waals surface area contributed by atoms with Gasteiger partial charge in [-0.25, -0.2) is 4.98 Å². The first kappa shape index (κ1) is 9.98. The van der Waals surface area contributed by atoms with Crippen LogP contribution >= 0.6 is 23.1 Å². The highest BCUT2D eigenvalue weighted by molar-refractivity contribution is 8.00. The maximum absolute atomic E-state index is 8.98. The van der Waals surface area contributed by atoms with Crippen molar-refractivity contribution in [1.29, 1.82) is 0 Å². The zero-order valence-electron chi connectivity index (χ0n) is 7.47. The largest absolute Gasteiger partial charge is 0.488 e. The highest BCUT2D eigenvalue weighted by Crippen LogP contribution is 2.26. The van der Waals surface area contributed by atoms with Crippen molar-refractivity contribution in [2.45, 2.75) is 4.34 Å². The lowest BCUT2D eigenvalue weighted by Crippen LogP contribution is -2.29. The molecule has 0 fully saturated rings. The molecule has 0 aliphatic carbocycles. The predicted molar refractivity (Wildman–Crippen MR) is 61.2 cm³/mol. The Morgan fingerprint density at radius 1 is 1.43 bits per heavy atom. The Kier molecular flexibility index (Phi) is 2.78. The van der Waals surface area contributed by atoms with E-state index in [1.165, 1.54) is 0 Å². The van der Waals surface area contributed by atoms with Gasteiger partial charge in [0.25, 0.3) is 0 Å². The van der Waals surface area contributed by atoms with Crippen LogP contribution in [0.2, 0.25) is 0 Å². The van der Waals surface area contributed by atoms with Crippen molar-refractivity contribution >= 4 is 45.9 Å². The molecule has 0 amide bonds. The van der Waals surface area contributed by atoms with Gasteiger partial charge >= 0.3 is 7.12 Å². The quantitative estimate of drug-likeness (QED) is 0.583. The molecule has 2 aromatic rings. The van der Waals surface area contributed by atoms with Gasteiger partial charge < -0.3 is 10.0 Å². The van der Waals surface area contributed by atoms with E-state index in [2.05, 4.69) is 4.98 Å². The lowest BCUT2D eigenvalue weighted by molar-refractivity contribution is 0.426. The number of fused-ring (bicyclic) bond motifs is 1. The van der Waals surface area contributed by atoms with Crippen LogP contribution in [0.15, 0.2) is 22.5 Å². The average Bonchev–Trinajstić information content (AvgIpc) is 2.58. The molecule has 1 aromatic heterocycles. The lowest BCUT2D eigenvalue weighted by atomic mass is 9.80. The molecular formula is C8H8BNO2S2. The number of hydrogen-bond donors (Lipinski definition) is 2. The Balaban J connectivity index is 2.54. The van der Waals surface area contributed by atoms with Gasteiger partial charge in [0, 0.05) is 0 Å². The summed E-state index contributed by atoms with van der Waals surface area (Å²) in [6, 6.07) is 5.24. The minimum Gasteiger partial charge on any atom is -0.423 e. The molecule has 14 heavy (non-hydrogen) atoms. The molecule has 72 valence electrons. The van der Waals surface area contributed by atoms with Crippen LogP contribution in [0.5, 0.6) is 0 Å². The number of benzene rings is 1. The van der Waals surface area contributed by atoms with Crippen LogP contribution in [0.1, 0.15) is 0 Å². The summed E-state index contributed by atoms with van der Waals surface area (Å²) < 4.78 is 1.98. The van der Waals surface area contributed by atoms with Gasteiger partial charge in [-0.1, -0.05) is 17.8 Å². The summed E-state index contributed by atoms with van der Waals surface area (Å²) in [6.07, 6.45) is 1.97. The number of aromatic nitrogens is 1. The molecule has 0 saturated carbocycles. The van der Waals surface area contributed by atoms with Gasteiger partial charge in [-0.3, -0.25) is 0 Å². The van der Waals surface area contributed by atoms with E-state index in [0.29, 0.717) is 5.46 Å². The van der Waals surface area contributed by atoms with Crippen LogP contribution in [0.4, 0.5) is 0 Å². The zero-order valence-corrected chi connectivity index (χ0v) is 9.10. The van der Waals surface area contributed by atoms with Gasteiger partial charge in [-0.05, 0) is 23.9 Å². The van der Waals surface area contributed by atoms with Gasteiger partial charge in [0.05, 0.1) is 10.2 Å². The van der Waals surface area contributed by atoms with Crippen molar-refractivity contribution in [3.05, 3.63) is 18.2 Å². The second kappa shape index (κ2) is 3.90. The van der Waals surface area contributed by atoms with Crippen LogP contribution in [0, 0.1) is 0 Å². The highest BCUT2D eigenvalue weighted by atomic mass is 32.2. The Hall–Kier alpha value is -0.555. The van der Waals surface area contributed by atoms with Crippen LogP contribution in [0.25, 0.3) is 10.2 Å². The van der Waals surface area contributed by atoms with Crippen molar-refractivity contribution in [3.8, 4) is 0 Å². The molecule has 0 atom stereocenters. The van der Waals surface area contributed by atoms with E-state index in [1.54, 1.807) is 41.3 Å². The summed E-state index contributed by atoms with van der Waals surface area (Å²) >= 11 is 3.15. The SMILES string of the molecule is CSc1nc2ccc(B(O)O)cc2s1. The highest BCUT2D eigenvalue weighted by Gasteiger charge is 2.12. The van der Waals surface area contributed by atoms with E-state index in [0.717, 1.165) is 14.6 Å². The van der Waals surface area contributed by atoms with Gasteiger partial charge in [0.15, 0.2) is 4.34 Å². The van der Waals surface area contributed by atoms with Gasteiger partial charge in [-0.15, -0.1) is 11.3 Å². The summed E-state index contributed by atoms with van der Waals surface area (Å²) in [5.41, 5.74) is 1.41. The molecule has 2 N–H and O–H groups in total. The van der Waals surface area contributed by atoms with E-state index in [-0.39, 0.29) is 0 Å². The van der Waals surface area contributed by atoms with Crippen molar-refractivity contribution in [2.24, 2.45) is 0 Å².